The van der Waals surface area contributed by atoms with E-state index >= 15 is 0 Å². The lowest BCUT2D eigenvalue weighted by Gasteiger charge is -2.27. The van der Waals surface area contributed by atoms with Crippen molar-refractivity contribution in [3.63, 3.8) is 0 Å². The summed E-state index contributed by atoms with van der Waals surface area (Å²) in [5, 5.41) is 6.87. The van der Waals surface area contributed by atoms with Gasteiger partial charge in [-0.2, -0.15) is 13.2 Å². The normalized spacial score (nSPS) is 18.7. The summed E-state index contributed by atoms with van der Waals surface area (Å²) >= 11 is 0. The fourth-order valence-corrected chi connectivity index (χ4v) is 3.72. The highest BCUT2D eigenvalue weighted by Gasteiger charge is 2.47. The van der Waals surface area contributed by atoms with Crippen LogP contribution in [-0.2, 0) is 5.41 Å². The Bertz CT molecular complexity index is 1240. The van der Waals surface area contributed by atoms with Gasteiger partial charge in [-0.15, -0.1) is 5.10 Å². The summed E-state index contributed by atoms with van der Waals surface area (Å²) in [6.45, 7) is 5.24. The third kappa shape index (κ3) is 4.04. The van der Waals surface area contributed by atoms with Crippen molar-refractivity contribution in [2.75, 3.05) is 11.9 Å². The van der Waals surface area contributed by atoms with Gasteiger partial charge in [0.15, 0.2) is 0 Å². The highest BCUT2D eigenvalue weighted by atomic mass is 19.4. The summed E-state index contributed by atoms with van der Waals surface area (Å²) in [5.41, 5.74) is 0.525. The molecule has 0 aliphatic carbocycles. The van der Waals surface area contributed by atoms with E-state index in [9.17, 15) is 22.0 Å². The van der Waals surface area contributed by atoms with Gasteiger partial charge >= 0.3 is 6.18 Å². The van der Waals surface area contributed by atoms with Gasteiger partial charge < -0.3 is 5.32 Å². The minimum Gasteiger partial charge on any atom is -0.352 e. The van der Waals surface area contributed by atoms with Gasteiger partial charge in [-0.25, -0.2) is 23.3 Å². The molecule has 11 heteroatoms. The zero-order valence-electron chi connectivity index (χ0n) is 18.5. The van der Waals surface area contributed by atoms with Crippen molar-refractivity contribution in [2.45, 2.75) is 52.1 Å². The average molecular weight is 468 g/mol. The number of alkyl halides is 5. The molecule has 33 heavy (non-hydrogen) atoms. The summed E-state index contributed by atoms with van der Waals surface area (Å²) in [6.07, 6.45) is -4.13. The van der Waals surface area contributed by atoms with Crippen molar-refractivity contribution in [2.24, 2.45) is 10.4 Å². The number of fused-ring (bicyclic) bond motifs is 2. The molecule has 0 saturated heterocycles. The first kappa shape index (κ1) is 23.1. The molecule has 0 radical (unpaired) electrons. The zero-order chi connectivity index (χ0) is 24.2. The smallest absolute Gasteiger partial charge is 0.352 e. The van der Waals surface area contributed by atoms with Crippen LogP contribution in [0, 0.1) is 5.41 Å². The van der Waals surface area contributed by atoms with E-state index in [2.05, 4.69) is 25.4 Å². The second kappa shape index (κ2) is 7.74. The molecule has 178 valence electrons. The molecule has 0 aromatic carbocycles. The maximum absolute atomic E-state index is 13.3. The minimum absolute atomic E-state index is 0. The van der Waals surface area contributed by atoms with E-state index in [0.29, 0.717) is 33.9 Å². The topological polar surface area (TPSA) is 67.5 Å². The summed E-state index contributed by atoms with van der Waals surface area (Å²) in [6, 6.07) is 5.24. The molecular weight excluding hydrogens is 443 g/mol. The molecule has 1 atom stereocenters. The summed E-state index contributed by atoms with van der Waals surface area (Å²) in [7, 11) is 0. The first-order valence-electron chi connectivity index (χ1n) is 10.3. The van der Waals surface area contributed by atoms with Crippen LogP contribution in [-0.4, -0.2) is 44.4 Å². The molecule has 0 amide bonds. The van der Waals surface area contributed by atoms with Gasteiger partial charge in [0, 0.05) is 31.9 Å². The van der Waals surface area contributed by atoms with Crippen LogP contribution in [0.2, 0.25) is 0 Å². The van der Waals surface area contributed by atoms with Crippen molar-refractivity contribution in [1.29, 1.82) is 0 Å². The van der Waals surface area contributed by atoms with E-state index in [-0.39, 0.29) is 20.3 Å². The summed E-state index contributed by atoms with van der Waals surface area (Å²) in [5.74, 6) is 0.0532. The second-order valence-electron chi connectivity index (χ2n) is 9.06. The molecule has 0 spiro atoms. The van der Waals surface area contributed by atoms with Gasteiger partial charge in [0.1, 0.15) is 0 Å². The van der Waals surface area contributed by atoms with Crippen molar-refractivity contribution in [3.8, 4) is 11.3 Å². The molecule has 1 N–H and O–H groups in total. The van der Waals surface area contributed by atoms with Crippen molar-refractivity contribution < 1.29 is 23.4 Å². The number of hydrogen-bond donors (Lipinski definition) is 1. The molecular formula is C22H25F5N6. The lowest BCUT2D eigenvalue weighted by atomic mass is 9.80. The Labute approximate surface area is 188 Å². The molecule has 4 rings (SSSR count). The number of anilines is 1. The van der Waals surface area contributed by atoms with E-state index in [1.54, 1.807) is 38.2 Å². The Balaban J connectivity index is 0.00000324. The Morgan fingerprint density at radius 1 is 1.18 bits per heavy atom. The Morgan fingerprint density at radius 2 is 1.91 bits per heavy atom. The third-order valence-corrected chi connectivity index (χ3v) is 6.19. The second-order valence-corrected chi connectivity index (χ2v) is 9.06. The number of aromatic nitrogens is 4. The number of aliphatic imine (C=N–C) groups is 1. The van der Waals surface area contributed by atoms with Crippen molar-refractivity contribution >= 4 is 22.9 Å². The molecule has 0 fully saturated rings. The SMILES string of the molecule is CC1=Nc2ccc(-c3ccn4nc(NCC(C)(C)C(F)(F)F)ncc34)nc2C1(C)CC(F)F.[HH]. The fraction of sp³-hybridized carbons (Fsp3) is 0.455. The quantitative estimate of drug-likeness (QED) is 0.447. The average Bonchev–Trinajstić information content (AvgIpc) is 3.23. The van der Waals surface area contributed by atoms with Crippen molar-refractivity contribution in [3.05, 3.63) is 36.3 Å². The largest absolute Gasteiger partial charge is 0.395 e. The van der Waals surface area contributed by atoms with Crippen LogP contribution in [0.25, 0.3) is 16.8 Å². The highest BCUT2D eigenvalue weighted by Crippen LogP contribution is 2.43. The Hall–Kier alpha value is -3.11. The van der Waals surface area contributed by atoms with Crippen LogP contribution < -0.4 is 5.32 Å². The van der Waals surface area contributed by atoms with Crippen LogP contribution in [0.3, 0.4) is 0 Å². The maximum Gasteiger partial charge on any atom is 0.395 e. The van der Waals surface area contributed by atoms with Gasteiger partial charge in [-0.05, 0) is 45.9 Å². The Morgan fingerprint density at radius 3 is 2.58 bits per heavy atom. The first-order valence-corrected chi connectivity index (χ1v) is 10.3. The monoisotopic (exact) mass is 468 g/mol. The lowest BCUT2D eigenvalue weighted by molar-refractivity contribution is -0.206. The predicted molar refractivity (Wildman–Crippen MR) is 117 cm³/mol. The van der Waals surface area contributed by atoms with E-state index in [0.717, 1.165) is 13.8 Å². The highest BCUT2D eigenvalue weighted by molar-refractivity contribution is 5.99. The fourth-order valence-electron chi connectivity index (χ4n) is 3.72. The molecule has 0 saturated carbocycles. The third-order valence-electron chi connectivity index (χ3n) is 6.19. The van der Waals surface area contributed by atoms with Gasteiger partial charge in [0.2, 0.25) is 12.4 Å². The van der Waals surface area contributed by atoms with Crippen molar-refractivity contribution in [1.82, 2.24) is 19.6 Å². The van der Waals surface area contributed by atoms with Crippen LogP contribution in [0.1, 0.15) is 41.2 Å². The van der Waals surface area contributed by atoms with E-state index in [1.807, 2.05) is 0 Å². The number of hydrogen-bond acceptors (Lipinski definition) is 5. The van der Waals surface area contributed by atoms with Crippen LogP contribution in [0.5, 0.6) is 0 Å². The van der Waals surface area contributed by atoms with E-state index < -0.39 is 23.4 Å². The zero-order valence-corrected chi connectivity index (χ0v) is 18.5. The number of rotatable bonds is 6. The molecule has 3 aromatic heterocycles. The van der Waals surface area contributed by atoms with Gasteiger partial charge in [-0.1, -0.05) is 0 Å². The maximum atomic E-state index is 13.3. The van der Waals surface area contributed by atoms with Gasteiger partial charge in [0.05, 0.1) is 39.6 Å². The first-order chi connectivity index (χ1) is 15.3. The molecule has 1 unspecified atom stereocenters. The number of nitrogens with zero attached hydrogens (tertiary/aromatic N) is 5. The number of nitrogens with one attached hydrogen (secondary N) is 1. The van der Waals surface area contributed by atoms with Gasteiger partial charge in [0.25, 0.3) is 0 Å². The number of pyridine rings is 1. The molecule has 4 heterocycles. The van der Waals surface area contributed by atoms with Crippen LogP contribution in [0.4, 0.5) is 33.6 Å². The van der Waals surface area contributed by atoms with E-state index in [4.69, 9.17) is 0 Å². The molecule has 6 nitrogen and oxygen atoms in total. The predicted octanol–water partition coefficient (Wildman–Crippen LogP) is 6.06. The minimum atomic E-state index is -4.37. The summed E-state index contributed by atoms with van der Waals surface area (Å²) in [4.78, 5) is 13.2. The lowest BCUT2D eigenvalue weighted by Crippen LogP contribution is -2.38. The van der Waals surface area contributed by atoms with Crippen LogP contribution in [0.15, 0.2) is 35.6 Å². The molecule has 1 aliphatic rings. The molecule has 3 aromatic rings. The molecule has 0 bridgehead atoms. The van der Waals surface area contributed by atoms with Gasteiger partial charge in [-0.3, -0.25) is 4.99 Å². The molecule has 1 aliphatic heterocycles. The van der Waals surface area contributed by atoms with E-state index in [1.165, 1.54) is 10.7 Å². The standard InChI is InChI=1S/C22H23F5N6.H2/c1-12-21(4,9-17(23)24)18-15(30-12)6-5-14(31-18)13-7-8-33-16(13)10-28-19(32-33)29-11-20(2,3)22(25,26)27;/h5-8,10,17H,9,11H2,1-4H3,(H,29,32);1H. The number of halogens is 5. The Kier molecular flexibility index (Phi) is 5.41. The summed E-state index contributed by atoms with van der Waals surface area (Å²) < 4.78 is 67.2. The van der Waals surface area contributed by atoms with Crippen LogP contribution >= 0.6 is 0 Å².